The molecule has 1 saturated heterocycles. The van der Waals surface area contributed by atoms with Crippen molar-refractivity contribution in [2.75, 3.05) is 32.7 Å². The van der Waals surface area contributed by atoms with Crippen LogP contribution in [0.25, 0.3) is 0 Å². The van der Waals surface area contributed by atoms with Gasteiger partial charge in [-0.2, -0.15) is 5.26 Å². The molecule has 7 nitrogen and oxygen atoms in total. The molecule has 1 fully saturated rings. The molecule has 3 amide bonds. The van der Waals surface area contributed by atoms with E-state index in [-0.39, 0.29) is 18.9 Å². The summed E-state index contributed by atoms with van der Waals surface area (Å²) < 4.78 is 0. The maximum Gasteiger partial charge on any atom is 0.312 e. The third kappa shape index (κ3) is 5.56. The first-order valence-corrected chi connectivity index (χ1v) is 8.11. The number of nitrogens with one attached hydrogen (secondary N) is 1. The number of nitrogens with two attached hydrogens (primary N) is 1. The number of nitrogens with zero attached hydrogens (tertiary/aromatic N) is 3. The second-order valence-electron chi connectivity index (χ2n) is 5.86. The molecule has 24 heavy (non-hydrogen) atoms. The van der Waals surface area contributed by atoms with Gasteiger partial charge < -0.3 is 16.0 Å². The number of carbonyl (C=O) groups is 2. The minimum Gasteiger partial charge on any atom is -0.352 e. The summed E-state index contributed by atoms with van der Waals surface area (Å²) in [4.78, 5) is 26.9. The van der Waals surface area contributed by atoms with Gasteiger partial charge in [0.1, 0.15) is 0 Å². The van der Waals surface area contributed by atoms with Crippen LogP contribution < -0.4 is 11.1 Å². The Hall–Kier alpha value is -2.59. The van der Waals surface area contributed by atoms with Crippen LogP contribution in [0.15, 0.2) is 24.3 Å². The van der Waals surface area contributed by atoms with E-state index in [1.165, 1.54) is 5.56 Å². The first-order valence-electron chi connectivity index (χ1n) is 8.11. The molecule has 1 heterocycles. The van der Waals surface area contributed by atoms with Crippen molar-refractivity contribution in [3.63, 3.8) is 0 Å². The molecule has 1 aliphatic rings. The predicted molar refractivity (Wildman–Crippen MR) is 89.8 cm³/mol. The number of hydrogen-bond acceptors (Lipinski definition) is 4. The summed E-state index contributed by atoms with van der Waals surface area (Å²) in [5, 5.41) is 11.3. The Bertz CT molecular complexity index is 608. The van der Waals surface area contributed by atoms with Crippen LogP contribution in [-0.2, 0) is 11.3 Å². The third-order valence-corrected chi connectivity index (χ3v) is 4.07. The average Bonchev–Trinajstić information content (AvgIpc) is 2.81. The average molecular weight is 329 g/mol. The Kier molecular flexibility index (Phi) is 6.58. The largest absolute Gasteiger partial charge is 0.352 e. The first kappa shape index (κ1) is 17.8. The van der Waals surface area contributed by atoms with E-state index in [0.29, 0.717) is 12.1 Å². The van der Waals surface area contributed by atoms with Gasteiger partial charge in [0.2, 0.25) is 5.91 Å². The van der Waals surface area contributed by atoms with Gasteiger partial charge in [-0.1, -0.05) is 12.1 Å². The van der Waals surface area contributed by atoms with Gasteiger partial charge in [0, 0.05) is 45.7 Å². The molecule has 0 atom stereocenters. The van der Waals surface area contributed by atoms with Crippen LogP contribution in [0.3, 0.4) is 0 Å². The second-order valence-corrected chi connectivity index (χ2v) is 5.86. The fourth-order valence-corrected chi connectivity index (χ4v) is 2.77. The van der Waals surface area contributed by atoms with Crippen LogP contribution in [0.5, 0.6) is 0 Å². The van der Waals surface area contributed by atoms with E-state index >= 15 is 0 Å². The molecule has 7 heteroatoms. The summed E-state index contributed by atoms with van der Waals surface area (Å²) in [5.41, 5.74) is 6.82. The van der Waals surface area contributed by atoms with Gasteiger partial charge in [0.05, 0.1) is 11.6 Å². The molecule has 0 spiro atoms. The molecule has 2 rings (SSSR count). The van der Waals surface area contributed by atoms with E-state index in [1.54, 1.807) is 0 Å². The first-order chi connectivity index (χ1) is 11.6. The van der Waals surface area contributed by atoms with Crippen molar-refractivity contribution in [1.82, 2.24) is 15.1 Å². The standard InChI is InChI=1S/C17H23N5O2/c18-12-14-2-4-15(5-3-14)13-21-8-1-9-22(11-10-21)16(23)6-7-20-17(19)24/h2-5H,1,6-11,13H2,(H3,19,20,24). The molecule has 1 aromatic rings. The number of urea groups is 1. The number of hydrogen-bond donors (Lipinski definition) is 2. The summed E-state index contributed by atoms with van der Waals surface area (Å²) in [6.07, 6.45) is 1.20. The van der Waals surface area contributed by atoms with Gasteiger partial charge in [-0.25, -0.2) is 4.79 Å². The highest BCUT2D eigenvalue weighted by Crippen LogP contribution is 2.11. The highest BCUT2D eigenvalue weighted by molar-refractivity contribution is 5.77. The molecule has 0 saturated carbocycles. The number of nitriles is 1. The molecule has 0 radical (unpaired) electrons. The number of benzene rings is 1. The van der Waals surface area contributed by atoms with Crippen molar-refractivity contribution in [1.29, 1.82) is 5.26 Å². The third-order valence-electron chi connectivity index (χ3n) is 4.07. The van der Waals surface area contributed by atoms with E-state index in [4.69, 9.17) is 11.0 Å². The van der Waals surface area contributed by atoms with Gasteiger partial charge in [-0.15, -0.1) is 0 Å². The van der Waals surface area contributed by atoms with Gasteiger partial charge in [-0.05, 0) is 24.1 Å². The van der Waals surface area contributed by atoms with Crippen LogP contribution in [0.2, 0.25) is 0 Å². The molecule has 0 aliphatic carbocycles. The van der Waals surface area contributed by atoms with Crippen molar-refractivity contribution in [3.8, 4) is 6.07 Å². The van der Waals surface area contributed by atoms with Crippen LogP contribution in [-0.4, -0.2) is 54.5 Å². The SMILES string of the molecule is N#Cc1ccc(CN2CCCN(C(=O)CCNC(N)=O)CC2)cc1. The van der Waals surface area contributed by atoms with Gasteiger partial charge in [0.25, 0.3) is 0 Å². The minimum absolute atomic E-state index is 0.0453. The minimum atomic E-state index is -0.604. The Morgan fingerprint density at radius 1 is 1.17 bits per heavy atom. The lowest BCUT2D eigenvalue weighted by Gasteiger charge is -2.22. The summed E-state index contributed by atoms with van der Waals surface area (Å²) in [6, 6.07) is 9.12. The Morgan fingerprint density at radius 2 is 1.92 bits per heavy atom. The number of rotatable bonds is 5. The van der Waals surface area contributed by atoms with Gasteiger partial charge >= 0.3 is 6.03 Å². The van der Waals surface area contributed by atoms with Crippen LogP contribution in [0.4, 0.5) is 4.79 Å². The molecule has 128 valence electrons. The van der Waals surface area contributed by atoms with Crippen LogP contribution >= 0.6 is 0 Å². The number of carbonyl (C=O) groups excluding carboxylic acids is 2. The normalized spacial score (nSPS) is 15.4. The van der Waals surface area contributed by atoms with E-state index < -0.39 is 6.03 Å². The zero-order chi connectivity index (χ0) is 17.4. The van der Waals surface area contributed by atoms with E-state index in [2.05, 4.69) is 16.3 Å². The summed E-state index contributed by atoms with van der Waals surface area (Å²) >= 11 is 0. The lowest BCUT2D eigenvalue weighted by Crippen LogP contribution is -2.38. The van der Waals surface area contributed by atoms with E-state index in [0.717, 1.165) is 32.6 Å². The highest BCUT2D eigenvalue weighted by Gasteiger charge is 2.19. The van der Waals surface area contributed by atoms with Gasteiger partial charge in [0.15, 0.2) is 0 Å². The zero-order valence-corrected chi connectivity index (χ0v) is 13.7. The number of primary amides is 1. The van der Waals surface area contributed by atoms with E-state index in [9.17, 15) is 9.59 Å². The number of amides is 3. The maximum atomic E-state index is 12.2. The Morgan fingerprint density at radius 3 is 2.58 bits per heavy atom. The monoisotopic (exact) mass is 329 g/mol. The fraction of sp³-hybridized carbons (Fsp3) is 0.471. The Balaban J connectivity index is 1.80. The van der Waals surface area contributed by atoms with Crippen molar-refractivity contribution in [2.45, 2.75) is 19.4 Å². The quantitative estimate of drug-likeness (QED) is 0.828. The molecule has 0 aromatic heterocycles. The zero-order valence-electron chi connectivity index (χ0n) is 13.7. The van der Waals surface area contributed by atoms with E-state index in [1.807, 2.05) is 29.2 Å². The molecule has 0 unspecified atom stereocenters. The van der Waals surface area contributed by atoms with Gasteiger partial charge in [-0.3, -0.25) is 9.69 Å². The summed E-state index contributed by atoms with van der Waals surface area (Å²) in [6.45, 7) is 4.26. The van der Waals surface area contributed by atoms with Crippen LogP contribution in [0.1, 0.15) is 24.0 Å². The molecule has 3 N–H and O–H groups in total. The Labute approximate surface area is 142 Å². The smallest absolute Gasteiger partial charge is 0.312 e. The summed E-state index contributed by atoms with van der Waals surface area (Å²) in [7, 11) is 0. The summed E-state index contributed by atoms with van der Waals surface area (Å²) in [5.74, 6) is 0.0453. The highest BCUT2D eigenvalue weighted by atomic mass is 16.2. The van der Waals surface area contributed by atoms with Crippen LogP contribution in [0, 0.1) is 11.3 Å². The second kappa shape index (κ2) is 8.89. The van der Waals surface area contributed by atoms with Crippen molar-refractivity contribution < 1.29 is 9.59 Å². The topological polar surface area (TPSA) is 102 Å². The van der Waals surface area contributed by atoms with Crippen molar-refractivity contribution >= 4 is 11.9 Å². The lowest BCUT2D eigenvalue weighted by atomic mass is 10.1. The lowest BCUT2D eigenvalue weighted by molar-refractivity contribution is -0.130. The van der Waals surface area contributed by atoms with Crippen molar-refractivity contribution in [2.24, 2.45) is 5.73 Å². The molecule has 0 bridgehead atoms. The maximum absolute atomic E-state index is 12.2. The van der Waals surface area contributed by atoms with Crippen molar-refractivity contribution in [3.05, 3.63) is 35.4 Å². The fourth-order valence-electron chi connectivity index (χ4n) is 2.77. The molecule has 1 aliphatic heterocycles. The molecular weight excluding hydrogens is 306 g/mol. The molecule has 1 aromatic carbocycles. The predicted octanol–water partition coefficient (Wildman–Crippen LogP) is 0.651. The molecular formula is C17H23N5O2.